The molecule has 6 heteroatoms. The molecule has 0 radical (unpaired) electrons. The maximum atomic E-state index is 4.66. The Balaban J connectivity index is 1.31. The van der Waals surface area contributed by atoms with E-state index in [1.165, 1.54) is 11.1 Å². The predicted octanol–water partition coefficient (Wildman–Crippen LogP) is 3.53. The number of nitrogens with one attached hydrogen (secondary N) is 1. The minimum atomic E-state index is 0.550. The van der Waals surface area contributed by atoms with E-state index < -0.39 is 0 Å². The van der Waals surface area contributed by atoms with Crippen molar-refractivity contribution in [2.24, 2.45) is 0 Å². The molecule has 1 aliphatic rings. The molecule has 1 aromatic carbocycles. The van der Waals surface area contributed by atoms with Gasteiger partial charge in [-0.15, -0.1) is 11.3 Å². The van der Waals surface area contributed by atoms with Gasteiger partial charge in [-0.3, -0.25) is 4.90 Å². The maximum absolute atomic E-state index is 4.66. The Kier molecular flexibility index (Phi) is 5.87. The Labute approximate surface area is 164 Å². The molecule has 0 saturated heterocycles. The third kappa shape index (κ3) is 4.40. The summed E-state index contributed by atoms with van der Waals surface area (Å²) in [6.07, 6.45) is 5.81. The summed E-state index contributed by atoms with van der Waals surface area (Å²) in [5.41, 5.74) is 4.05. The lowest BCUT2D eigenvalue weighted by atomic mass is 9.98. The van der Waals surface area contributed by atoms with Gasteiger partial charge in [-0.1, -0.05) is 31.2 Å². The second-order valence-corrected chi connectivity index (χ2v) is 7.76. The molecule has 1 aliphatic heterocycles. The van der Waals surface area contributed by atoms with Crippen molar-refractivity contribution in [3.63, 3.8) is 0 Å². The molecule has 0 saturated carbocycles. The Morgan fingerprint density at radius 1 is 1.15 bits per heavy atom. The molecule has 1 N–H and O–H groups in total. The Bertz CT molecular complexity index is 864. The van der Waals surface area contributed by atoms with E-state index in [9.17, 15) is 0 Å². The summed E-state index contributed by atoms with van der Waals surface area (Å²) in [7, 11) is 0. The molecule has 2 aromatic heterocycles. The van der Waals surface area contributed by atoms with Crippen LogP contribution in [0.15, 0.2) is 48.1 Å². The minimum Gasteiger partial charge on any atom is -0.310 e. The number of hydrogen-bond acceptors (Lipinski definition) is 6. The van der Waals surface area contributed by atoms with E-state index in [1.807, 2.05) is 6.07 Å². The van der Waals surface area contributed by atoms with Crippen LogP contribution in [0.5, 0.6) is 0 Å². The third-order valence-corrected chi connectivity index (χ3v) is 6.03. The summed E-state index contributed by atoms with van der Waals surface area (Å²) in [6, 6.07) is 11.2. The van der Waals surface area contributed by atoms with Crippen LogP contribution in [0.3, 0.4) is 0 Å². The van der Waals surface area contributed by atoms with Crippen molar-refractivity contribution in [2.75, 3.05) is 13.1 Å². The van der Waals surface area contributed by atoms with Crippen LogP contribution in [0.4, 0.5) is 0 Å². The summed E-state index contributed by atoms with van der Waals surface area (Å²) in [6.45, 7) is 6.24. The highest BCUT2D eigenvalue weighted by Gasteiger charge is 2.22. The first-order valence-electron chi connectivity index (χ1n) is 9.57. The molecule has 0 aliphatic carbocycles. The van der Waals surface area contributed by atoms with Crippen LogP contribution in [0, 0.1) is 0 Å². The zero-order chi connectivity index (χ0) is 18.5. The lowest BCUT2D eigenvalue weighted by molar-refractivity contribution is 0.169. The molecular formula is C21H25N5S. The van der Waals surface area contributed by atoms with E-state index in [2.05, 4.69) is 61.7 Å². The quantitative estimate of drug-likeness (QED) is 0.681. The molecule has 1 atom stereocenters. The molecule has 0 spiro atoms. The SMILES string of the molecule is CC[C@@H](CNCc1csc(-c2ncccn2)n1)N1CCc2ccccc2C1. The number of benzene rings is 1. The predicted molar refractivity (Wildman–Crippen MR) is 109 cm³/mol. The van der Waals surface area contributed by atoms with Gasteiger partial charge in [0.25, 0.3) is 0 Å². The summed E-state index contributed by atoms with van der Waals surface area (Å²) in [4.78, 5) is 15.8. The van der Waals surface area contributed by atoms with Crippen molar-refractivity contribution in [1.82, 2.24) is 25.2 Å². The molecule has 5 nitrogen and oxygen atoms in total. The molecular weight excluding hydrogens is 354 g/mol. The Morgan fingerprint density at radius 2 is 1.96 bits per heavy atom. The van der Waals surface area contributed by atoms with E-state index >= 15 is 0 Å². The van der Waals surface area contributed by atoms with E-state index in [1.54, 1.807) is 23.7 Å². The topological polar surface area (TPSA) is 53.9 Å². The van der Waals surface area contributed by atoms with Crippen molar-refractivity contribution in [3.05, 3.63) is 64.9 Å². The molecule has 0 fully saturated rings. The highest BCUT2D eigenvalue weighted by molar-refractivity contribution is 7.13. The number of thiazole rings is 1. The third-order valence-electron chi connectivity index (χ3n) is 5.14. The van der Waals surface area contributed by atoms with Gasteiger partial charge < -0.3 is 5.32 Å². The Hall–Kier alpha value is -2.15. The molecule has 3 aromatic rings. The summed E-state index contributed by atoms with van der Waals surface area (Å²) in [5.74, 6) is 0.701. The second-order valence-electron chi connectivity index (χ2n) is 6.90. The number of fused-ring (bicyclic) bond motifs is 1. The highest BCUT2D eigenvalue weighted by Crippen LogP contribution is 2.22. The van der Waals surface area contributed by atoms with Gasteiger partial charge in [-0.2, -0.15) is 0 Å². The van der Waals surface area contributed by atoms with Gasteiger partial charge in [-0.05, 0) is 30.0 Å². The fourth-order valence-electron chi connectivity index (χ4n) is 3.63. The van der Waals surface area contributed by atoms with Gasteiger partial charge in [0.1, 0.15) is 0 Å². The Morgan fingerprint density at radius 3 is 2.78 bits per heavy atom. The van der Waals surface area contributed by atoms with Crippen LogP contribution in [0.2, 0.25) is 0 Å². The largest absolute Gasteiger partial charge is 0.310 e. The molecule has 0 unspecified atom stereocenters. The van der Waals surface area contributed by atoms with Gasteiger partial charge >= 0.3 is 0 Å². The fraction of sp³-hybridized carbons (Fsp3) is 0.381. The molecule has 3 heterocycles. The first-order valence-corrected chi connectivity index (χ1v) is 10.4. The second kappa shape index (κ2) is 8.69. The number of nitrogens with zero attached hydrogens (tertiary/aromatic N) is 4. The number of aromatic nitrogens is 3. The standard InChI is InChI=1S/C21H25N5S/c1-2-19(26-11-8-16-6-3-4-7-17(16)14-26)13-22-12-18-15-27-21(25-18)20-23-9-5-10-24-20/h3-7,9-10,15,19,22H,2,8,11-14H2,1H3/t19-/m0/s1. The van der Waals surface area contributed by atoms with E-state index in [0.29, 0.717) is 11.9 Å². The van der Waals surface area contributed by atoms with Crippen LogP contribution in [-0.2, 0) is 19.5 Å². The van der Waals surface area contributed by atoms with Crippen LogP contribution in [0.25, 0.3) is 10.8 Å². The van der Waals surface area contributed by atoms with Crippen molar-refractivity contribution in [1.29, 1.82) is 0 Å². The van der Waals surface area contributed by atoms with Crippen molar-refractivity contribution in [2.45, 2.75) is 38.9 Å². The molecule has 27 heavy (non-hydrogen) atoms. The minimum absolute atomic E-state index is 0.550. The fourth-order valence-corrected chi connectivity index (χ4v) is 4.39. The zero-order valence-electron chi connectivity index (χ0n) is 15.6. The first kappa shape index (κ1) is 18.2. The number of rotatable bonds is 7. The average Bonchev–Trinajstić information content (AvgIpc) is 3.20. The van der Waals surface area contributed by atoms with E-state index in [-0.39, 0.29) is 0 Å². The van der Waals surface area contributed by atoms with Gasteiger partial charge in [0.15, 0.2) is 10.8 Å². The smallest absolute Gasteiger partial charge is 0.188 e. The monoisotopic (exact) mass is 379 g/mol. The van der Waals surface area contributed by atoms with Crippen LogP contribution >= 0.6 is 11.3 Å². The summed E-state index contributed by atoms with van der Waals surface area (Å²) >= 11 is 1.60. The maximum Gasteiger partial charge on any atom is 0.188 e. The molecule has 140 valence electrons. The van der Waals surface area contributed by atoms with Crippen LogP contribution in [0.1, 0.15) is 30.2 Å². The average molecular weight is 380 g/mol. The van der Waals surface area contributed by atoms with Crippen LogP contribution in [-0.4, -0.2) is 39.0 Å². The summed E-state index contributed by atoms with van der Waals surface area (Å²) < 4.78 is 0. The molecule has 0 amide bonds. The lowest BCUT2D eigenvalue weighted by Crippen LogP contribution is -2.44. The van der Waals surface area contributed by atoms with E-state index in [0.717, 1.165) is 49.7 Å². The van der Waals surface area contributed by atoms with Crippen molar-refractivity contribution in [3.8, 4) is 10.8 Å². The van der Waals surface area contributed by atoms with Crippen LogP contribution < -0.4 is 5.32 Å². The van der Waals surface area contributed by atoms with Gasteiger partial charge in [-0.25, -0.2) is 15.0 Å². The number of hydrogen-bond donors (Lipinski definition) is 1. The van der Waals surface area contributed by atoms with Gasteiger partial charge in [0, 0.05) is 50.0 Å². The van der Waals surface area contributed by atoms with Crippen molar-refractivity contribution < 1.29 is 0 Å². The summed E-state index contributed by atoms with van der Waals surface area (Å²) in [5, 5.41) is 6.58. The zero-order valence-corrected chi connectivity index (χ0v) is 16.5. The first-order chi connectivity index (χ1) is 13.3. The van der Waals surface area contributed by atoms with E-state index in [4.69, 9.17) is 0 Å². The molecule has 0 bridgehead atoms. The van der Waals surface area contributed by atoms with Gasteiger partial charge in [0.05, 0.1) is 5.69 Å². The van der Waals surface area contributed by atoms with Gasteiger partial charge in [0.2, 0.25) is 0 Å². The normalized spacial score (nSPS) is 15.4. The highest BCUT2D eigenvalue weighted by atomic mass is 32.1. The van der Waals surface area contributed by atoms with Crippen molar-refractivity contribution >= 4 is 11.3 Å². The molecule has 4 rings (SSSR count). The lowest BCUT2D eigenvalue weighted by Gasteiger charge is -2.35.